The highest BCUT2D eigenvalue weighted by Crippen LogP contribution is 2.34. The minimum Gasteiger partial charge on any atom is -0.504 e. The summed E-state index contributed by atoms with van der Waals surface area (Å²) in [4.78, 5) is 53.3. The average Bonchev–Trinajstić information content (AvgIpc) is 3.54. The van der Waals surface area contributed by atoms with Crippen molar-refractivity contribution in [2.75, 3.05) is 36.4 Å². The zero-order chi connectivity index (χ0) is 35.0. The molecule has 2 amide bonds. The second-order valence-electron chi connectivity index (χ2n) is 11.2. The molecule has 5 aromatic rings. The van der Waals surface area contributed by atoms with Crippen LogP contribution in [-0.2, 0) is 23.9 Å². The standard InChI is InChI=1S/C32H29ClF3N9O4/c1-3-23-27(42-11-13-43(14-12-42)31(49)26-28(47)18(2)37-17-38-26)29(48)25-30(41-45(40-25)20-7-5-4-6-8-20)44(23)16-24(46)39-22-10-9-19(15-21(22)33)32(34,35)36/h4-10,15,17,47H,3,11-14,16H2,1-2H3,(H,39,46). The van der Waals surface area contributed by atoms with Gasteiger partial charge in [-0.05, 0) is 43.7 Å². The molecule has 1 fully saturated rings. The number of carbonyl (C=O) groups excluding carboxylic acids is 2. The minimum absolute atomic E-state index is 0.00342. The number of piperazine rings is 1. The van der Waals surface area contributed by atoms with E-state index < -0.39 is 29.0 Å². The molecule has 49 heavy (non-hydrogen) atoms. The Morgan fingerprint density at radius 1 is 1.02 bits per heavy atom. The van der Waals surface area contributed by atoms with Crippen LogP contribution in [0.1, 0.15) is 34.4 Å². The maximum atomic E-state index is 14.1. The van der Waals surface area contributed by atoms with E-state index in [2.05, 4.69) is 25.5 Å². The van der Waals surface area contributed by atoms with Crippen molar-refractivity contribution >= 4 is 46.0 Å². The number of para-hydroxylation sites is 1. The Morgan fingerprint density at radius 2 is 1.73 bits per heavy atom. The number of hydrogen-bond donors (Lipinski definition) is 2. The Labute approximate surface area is 281 Å². The number of hydrogen-bond acceptors (Lipinski definition) is 9. The van der Waals surface area contributed by atoms with Gasteiger partial charge >= 0.3 is 6.18 Å². The van der Waals surface area contributed by atoms with Crippen molar-refractivity contribution in [3.63, 3.8) is 0 Å². The van der Waals surface area contributed by atoms with Crippen molar-refractivity contribution in [1.29, 1.82) is 0 Å². The highest BCUT2D eigenvalue weighted by atomic mass is 35.5. The van der Waals surface area contributed by atoms with Gasteiger partial charge in [0.2, 0.25) is 11.3 Å². The van der Waals surface area contributed by atoms with E-state index in [1.165, 1.54) is 16.0 Å². The maximum Gasteiger partial charge on any atom is 0.416 e. The van der Waals surface area contributed by atoms with Gasteiger partial charge in [0.1, 0.15) is 18.6 Å². The SMILES string of the molecule is CCc1c(N2CCN(C(=O)c3ncnc(C)c3O)CC2)c(=O)c2nn(-c3ccccc3)nc2n1CC(=O)Nc1ccc(C(F)(F)F)cc1Cl. The third-order valence-corrected chi connectivity index (χ3v) is 8.48. The molecule has 17 heteroatoms. The van der Waals surface area contributed by atoms with Crippen LogP contribution in [0.5, 0.6) is 5.75 Å². The molecule has 6 rings (SSSR count). The predicted molar refractivity (Wildman–Crippen MR) is 174 cm³/mol. The number of pyridine rings is 1. The molecule has 2 aromatic carbocycles. The zero-order valence-corrected chi connectivity index (χ0v) is 27.0. The molecular formula is C32H29ClF3N9O4. The van der Waals surface area contributed by atoms with Gasteiger partial charge in [0, 0.05) is 31.9 Å². The Kier molecular flexibility index (Phi) is 8.98. The van der Waals surface area contributed by atoms with Gasteiger partial charge in [-0.3, -0.25) is 14.4 Å². The molecule has 0 aliphatic carbocycles. The summed E-state index contributed by atoms with van der Waals surface area (Å²) in [7, 11) is 0. The summed E-state index contributed by atoms with van der Waals surface area (Å²) in [5, 5.41) is 21.7. The first-order chi connectivity index (χ1) is 23.4. The molecule has 0 saturated carbocycles. The lowest BCUT2D eigenvalue weighted by Gasteiger charge is -2.36. The van der Waals surface area contributed by atoms with Gasteiger partial charge in [-0.25, -0.2) is 9.97 Å². The number of anilines is 2. The molecule has 254 valence electrons. The number of benzene rings is 2. The van der Waals surface area contributed by atoms with Crippen LogP contribution >= 0.6 is 11.6 Å². The summed E-state index contributed by atoms with van der Waals surface area (Å²) in [6, 6.07) is 11.5. The summed E-state index contributed by atoms with van der Waals surface area (Å²) in [5.41, 5.74) is 0.206. The average molecular weight is 696 g/mol. The molecule has 1 aliphatic heterocycles. The highest BCUT2D eigenvalue weighted by molar-refractivity contribution is 6.33. The summed E-state index contributed by atoms with van der Waals surface area (Å²) >= 11 is 6.10. The number of fused-ring (bicyclic) bond motifs is 1. The molecular weight excluding hydrogens is 667 g/mol. The first-order valence-electron chi connectivity index (χ1n) is 15.2. The molecule has 0 spiro atoms. The first-order valence-corrected chi connectivity index (χ1v) is 15.5. The van der Waals surface area contributed by atoms with E-state index in [-0.39, 0.29) is 77.4 Å². The van der Waals surface area contributed by atoms with Crippen molar-refractivity contribution < 1.29 is 27.9 Å². The predicted octanol–water partition coefficient (Wildman–Crippen LogP) is 4.22. The fraction of sp³-hybridized carbons (Fsp3) is 0.281. The van der Waals surface area contributed by atoms with Crippen LogP contribution in [-0.4, -0.2) is 77.5 Å². The van der Waals surface area contributed by atoms with E-state index >= 15 is 0 Å². The van der Waals surface area contributed by atoms with Gasteiger partial charge in [-0.2, -0.15) is 13.2 Å². The van der Waals surface area contributed by atoms with E-state index in [1.54, 1.807) is 35.8 Å². The first kappa shape index (κ1) is 33.4. The number of carbonyl (C=O) groups is 2. The van der Waals surface area contributed by atoms with E-state index in [9.17, 15) is 32.7 Å². The second kappa shape index (κ2) is 13.2. The Morgan fingerprint density at radius 3 is 2.39 bits per heavy atom. The lowest BCUT2D eigenvalue weighted by atomic mass is 10.1. The number of aromatic nitrogens is 6. The van der Waals surface area contributed by atoms with E-state index in [0.29, 0.717) is 17.8 Å². The number of halogens is 4. The molecule has 1 saturated heterocycles. The Bertz CT molecular complexity index is 2130. The summed E-state index contributed by atoms with van der Waals surface area (Å²) in [6.45, 7) is 3.88. The van der Waals surface area contributed by atoms with E-state index in [1.807, 2.05) is 17.9 Å². The fourth-order valence-corrected chi connectivity index (χ4v) is 5.92. The Hall–Kier alpha value is -5.51. The lowest BCUT2D eigenvalue weighted by molar-refractivity contribution is -0.137. The number of rotatable bonds is 7. The zero-order valence-electron chi connectivity index (χ0n) is 26.2. The monoisotopic (exact) mass is 695 g/mol. The number of alkyl halides is 3. The van der Waals surface area contributed by atoms with Crippen LogP contribution in [0.2, 0.25) is 5.02 Å². The number of aromatic hydroxyl groups is 1. The minimum atomic E-state index is -4.61. The topological polar surface area (TPSA) is 151 Å². The summed E-state index contributed by atoms with van der Waals surface area (Å²) < 4.78 is 41.1. The number of aryl methyl sites for hydroxylation is 1. The number of nitrogens with zero attached hydrogens (tertiary/aromatic N) is 8. The number of nitrogens with one attached hydrogen (secondary N) is 1. The summed E-state index contributed by atoms with van der Waals surface area (Å²) in [5.74, 6) is -1.40. The molecule has 0 atom stereocenters. The molecule has 3 aromatic heterocycles. The number of amides is 2. The van der Waals surface area contributed by atoms with Gasteiger partial charge in [-0.15, -0.1) is 15.0 Å². The van der Waals surface area contributed by atoms with Crippen LogP contribution in [0.15, 0.2) is 59.7 Å². The maximum absolute atomic E-state index is 14.1. The van der Waals surface area contributed by atoms with Crippen LogP contribution in [0.4, 0.5) is 24.5 Å². The van der Waals surface area contributed by atoms with Crippen LogP contribution in [0, 0.1) is 6.92 Å². The Balaban J connectivity index is 1.36. The van der Waals surface area contributed by atoms with Gasteiger partial charge in [-0.1, -0.05) is 36.7 Å². The van der Waals surface area contributed by atoms with Crippen molar-refractivity contribution in [2.45, 2.75) is 33.0 Å². The molecule has 0 bridgehead atoms. The van der Waals surface area contributed by atoms with Gasteiger partial charge in [0.15, 0.2) is 22.6 Å². The van der Waals surface area contributed by atoms with Crippen molar-refractivity contribution in [1.82, 2.24) is 34.4 Å². The van der Waals surface area contributed by atoms with Crippen LogP contribution in [0.3, 0.4) is 0 Å². The van der Waals surface area contributed by atoms with Crippen molar-refractivity contribution in [3.05, 3.63) is 92.7 Å². The third-order valence-electron chi connectivity index (χ3n) is 8.17. The normalized spacial score (nSPS) is 13.6. The lowest BCUT2D eigenvalue weighted by Crippen LogP contribution is -2.50. The van der Waals surface area contributed by atoms with Crippen molar-refractivity contribution in [3.8, 4) is 11.4 Å². The molecule has 0 unspecified atom stereocenters. The fourth-order valence-electron chi connectivity index (χ4n) is 5.69. The van der Waals surface area contributed by atoms with E-state index in [4.69, 9.17) is 11.6 Å². The quantitative estimate of drug-likeness (QED) is 0.255. The van der Waals surface area contributed by atoms with Crippen LogP contribution in [0.25, 0.3) is 16.9 Å². The summed E-state index contributed by atoms with van der Waals surface area (Å²) in [6.07, 6.45) is -3.12. The molecule has 13 nitrogen and oxygen atoms in total. The van der Waals surface area contributed by atoms with Gasteiger partial charge in [0.05, 0.1) is 27.7 Å². The van der Waals surface area contributed by atoms with E-state index in [0.717, 1.165) is 18.2 Å². The second-order valence-corrected chi connectivity index (χ2v) is 11.6. The smallest absolute Gasteiger partial charge is 0.416 e. The van der Waals surface area contributed by atoms with Gasteiger partial charge in [0.25, 0.3) is 5.91 Å². The molecule has 4 heterocycles. The van der Waals surface area contributed by atoms with Gasteiger partial charge < -0.3 is 24.8 Å². The van der Waals surface area contributed by atoms with Crippen LogP contribution < -0.4 is 15.6 Å². The highest BCUT2D eigenvalue weighted by Gasteiger charge is 2.32. The molecule has 1 aliphatic rings. The van der Waals surface area contributed by atoms with Crippen molar-refractivity contribution in [2.24, 2.45) is 0 Å². The third kappa shape index (κ3) is 6.50. The largest absolute Gasteiger partial charge is 0.504 e. The molecule has 2 N–H and O–H groups in total. The molecule has 0 radical (unpaired) electrons.